The zero-order valence-corrected chi connectivity index (χ0v) is 16.2. The monoisotopic (exact) mass is 385 g/mol. The summed E-state index contributed by atoms with van der Waals surface area (Å²) in [7, 11) is 0. The van der Waals surface area contributed by atoms with E-state index in [1.165, 1.54) is 0 Å². The number of rotatable bonds is 6. The number of nitrogens with one attached hydrogen (secondary N) is 1. The smallest absolute Gasteiger partial charge is 0.215 e. The van der Waals surface area contributed by atoms with Crippen molar-refractivity contribution in [2.45, 2.75) is 19.1 Å². The number of ether oxygens (including phenoxy) is 1. The van der Waals surface area contributed by atoms with Gasteiger partial charge in [-0.3, -0.25) is 4.98 Å². The van der Waals surface area contributed by atoms with Crippen molar-refractivity contribution in [3.8, 4) is 11.9 Å². The average Bonchev–Trinajstić information content (AvgIpc) is 2.79. The Morgan fingerprint density at radius 3 is 2.83 bits per heavy atom. The van der Waals surface area contributed by atoms with Gasteiger partial charge in [-0.25, -0.2) is 0 Å². The molecule has 1 N–H and O–H groups in total. The van der Waals surface area contributed by atoms with Gasteiger partial charge in [0.05, 0.1) is 11.6 Å². The largest absolute Gasteiger partial charge is 0.473 e. The zero-order valence-electron chi connectivity index (χ0n) is 16.2. The maximum atomic E-state index is 9.33. The molecule has 1 aliphatic heterocycles. The van der Waals surface area contributed by atoms with E-state index in [1.807, 2.05) is 54.6 Å². The number of nitrogens with zero attached hydrogens (tertiary/aromatic N) is 4. The summed E-state index contributed by atoms with van der Waals surface area (Å²) in [5, 5.41) is 12.9. The SMILES string of the molecule is N#Cc1ccccc1CC1CN(c2cccc(OCc3ccncc3)n2)CCN1. The maximum Gasteiger partial charge on any atom is 0.215 e. The summed E-state index contributed by atoms with van der Waals surface area (Å²) in [5.41, 5.74) is 2.89. The van der Waals surface area contributed by atoms with Gasteiger partial charge in [-0.2, -0.15) is 10.2 Å². The first-order valence-electron chi connectivity index (χ1n) is 9.77. The summed E-state index contributed by atoms with van der Waals surface area (Å²) in [6.45, 7) is 3.06. The van der Waals surface area contributed by atoms with E-state index in [2.05, 4.69) is 21.3 Å². The Morgan fingerprint density at radius 2 is 1.97 bits per heavy atom. The van der Waals surface area contributed by atoms with Crippen molar-refractivity contribution in [3.63, 3.8) is 0 Å². The normalized spacial score (nSPS) is 16.2. The molecule has 1 saturated heterocycles. The van der Waals surface area contributed by atoms with Crippen molar-refractivity contribution in [2.24, 2.45) is 0 Å². The number of pyridine rings is 2. The highest BCUT2D eigenvalue weighted by Gasteiger charge is 2.21. The van der Waals surface area contributed by atoms with E-state index in [4.69, 9.17) is 9.72 Å². The average molecular weight is 385 g/mol. The summed E-state index contributed by atoms with van der Waals surface area (Å²) < 4.78 is 5.86. The molecule has 0 bridgehead atoms. The van der Waals surface area contributed by atoms with Crippen LogP contribution < -0.4 is 15.0 Å². The maximum absolute atomic E-state index is 9.33. The number of benzene rings is 1. The molecular formula is C23H23N5O. The van der Waals surface area contributed by atoms with Crippen LogP contribution in [0.25, 0.3) is 0 Å². The second-order valence-corrected chi connectivity index (χ2v) is 7.05. The van der Waals surface area contributed by atoms with Gasteiger partial charge < -0.3 is 15.0 Å². The lowest BCUT2D eigenvalue weighted by molar-refractivity contribution is 0.293. The molecule has 1 aromatic carbocycles. The fourth-order valence-corrected chi connectivity index (χ4v) is 3.54. The summed E-state index contributed by atoms with van der Waals surface area (Å²) in [5.74, 6) is 1.53. The Kier molecular flexibility index (Phi) is 5.98. The molecule has 6 nitrogen and oxygen atoms in total. The second kappa shape index (κ2) is 9.18. The fraction of sp³-hybridized carbons (Fsp3) is 0.261. The minimum atomic E-state index is 0.265. The van der Waals surface area contributed by atoms with Crippen molar-refractivity contribution >= 4 is 5.82 Å². The minimum Gasteiger partial charge on any atom is -0.473 e. The molecule has 0 radical (unpaired) electrons. The van der Waals surface area contributed by atoms with Crippen LogP contribution in [0.3, 0.4) is 0 Å². The molecule has 0 spiro atoms. The van der Waals surface area contributed by atoms with E-state index >= 15 is 0 Å². The highest BCUT2D eigenvalue weighted by atomic mass is 16.5. The van der Waals surface area contributed by atoms with Crippen molar-refractivity contribution in [3.05, 3.63) is 83.7 Å². The Hall–Kier alpha value is -3.43. The Balaban J connectivity index is 1.41. The van der Waals surface area contributed by atoms with E-state index in [0.29, 0.717) is 12.5 Å². The molecule has 4 rings (SSSR count). The van der Waals surface area contributed by atoms with Gasteiger partial charge in [0.25, 0.3) is 0 Å². The standard InChI is InChI=1S/C23H23N5O/c24-15-20-5-2-1-4-19(20)14-21-16-28(13-12-26-21)22-6-3-7-23(27-22)29-17-18-8-10-25-11-9-18/h1-11,21,26H,12-14,16-17H2. The van der Waals surface area contributed by atoms with Gasteiger partial charge in [0, 0.05) is 44.1 Å². The van der Waals surface area contributed by atoms with E-state index in [9.17, 15) is 5.26 Å². The van der Waals surface area contributed by atoms with Gasteiger partial charge in [-0.15, -0.1) is 0 Å². The van der Waals surface area contributed by atoms with Gasteiger partial charge >= 0.3 is 0 Å². The van der Waals surface area contributed by atoms with Crippen LogP contribution >= 0.6 is 0 Å². The molecule has 1 aliphatic rings. The van der Waals surface area contributed by atoms with Crippen molar-refractivity contribution in [2.75, 3.05) is 24.5 Å². The molecule has 146 valence electrons. The molecule has 1 atom stereocenters. The minimum absolute atomic E-state index is 0.265. The summed E-state index contributed by atoms with van der Waals surface area (Å²) >= 11 is 0. The van der Waals surface area contributed by atoms with Gasteiger partial charge in [-0.05, 0) is 41.8 Å². The molecule has 0 amide bonds. The Bertz CT molecular complexity index is 986. The highest BCUT2D eigenvalue weighted by molar-refractivity contribution is 5.42. The van der Waals surface area contributed by atoms with Crippen molar-refractivity contribution < 1.29 is 4.74 Å². The van der Waals surface area contributed by atoms with Crippen LogP contribution in [0, 0.1) is 11.3 Å². The molecular weight excluding hydrogens is 362 g/mol. The molecule has 6 heteroatoms. The number of piperazine rings is 1. The third kappa shape index (κ3) is 4.89. The first-order valence-corrected chi connectivity index (χ1v) is 9.77. The van der Waals surface area contributed by atoms with Crippen molar-refractivity contribution in [1.82, 2.24) is 15.3 Å². The van der Waals surface area contributed by atoms with E-state index in [0.717, 1.165) is 48.6 Å². The van der Waals surface area contributed by atoms with Gasteiger partial charge in [0.15, 0.2) is 0 Å². The number of anilines is 1. The van der Waals surface area contributed by atoms with Crippen LogP contribution in [0.5, 0.6) is 5.88 Å². The van der Waals surface area contributed by atoms with Crippen LogP contribution in [0.2, 0.25) is 0 Å². The Morgan fingerprint density at radius 1 is 1.10 bits per heavy atom. The number of hydrogen-bond donors (Lipinski definition) is 1. The lowest BCUT2D eigenvalue weighted by atomic mass is 9.99. The topological polar surface area (TPSA) is 74.1 Å². The van der Waals surface area contributed by atoms with E-state index in [1.54, 1.807) is 12.4 Å². The molecule has 0 saturated carbocycles. The van der Waals surface area contributed by atoms with Crippen LogP contribution in [-0.2, 0) is 13.0 Å². The molecule has 2 aromatic heterocycles. The van der Waals surface area contributed by atoms with Gasteiger partial charge in [0.1, 0.15) is 12.4 Å². The summed E-state index contributed by atoms with van der Waals surface area (Å²) in [6.07, 6.45) is 4.33. The van der Waals surface area contributed by atoms with Crippen LogP contribution in [-0.4, -0.2) is 35.6 Å². The first-order chi connectivity index (χ1) is 14.3. The molecule has 3 aromatic rings. The molecule has 1 fully saturated rings. The van der Waals surface area contributed by atoms with E-state index in [-0.39, 0.29) is 6.04 Å². The molecule has 1 unspecified atom stereocenters. The third-order valence-electron chi connectivity index (χ3n) is 5.03. The predicted octanol–water partition coefficient (Wildman–Crippen LogP) is 2.95. The summed E-state index contributed by atoms with van der Waals surface area (Å²) in [6, 6.07) is 20.1. The number of aromatic nitrogens is 2. The quantitative estimate of drug-likeness (QED) is 0.703. The summed E-state index contributed by atoms with van der Waals surface area (Å²) in [4.78, 5) is 11.0. The van der Waals surface area contributed by atoms with Gasteiger partial charge in [-0.1, -0.05) is 24.3 Å². The first kappa shape index (κ1) is 18.9. The number of hydrogen-bond acceptors (Lipinski definition) is 6. The molecule has 29 heavy (non-hydrogen) atoms. The van der Waals surface area contributed by atoms with Crippen LogP contribution in [0.4, 0.5) is 5.82 Å². The highest BCUT2D eigenvalue weighted by Crippen LogP contribution is 2.20. The lowest BCUT2D eigenvalue weighted by Gasteiger charge is -2.34. The number of nitriles is 1. The molecule has 0 aliphatic carbocycles. The molecule has 3 heterocycles. The van der Waals surface area contributed by atoms with Crippen LogP contribution in [0.15, 0.2) is 67.0 Å². The third-order valence-corrected chi connectivity index (χ3v) is 5.03. The predicted molar refractivity (Wildman–Crippen MR) is 112 cm³/mol. The lowest BCUT2D eigenvalue weighted by Crippen LogP contribution is -2.52. The van der Waals surface area contributed by atoms with Gasteiger partial charge in [0.2, 0.25) is 5.88 Å². The second-order valence-electron chi connectivity index (χ2n) is 7.05. The Labute approximate surface area is 170 Å². The van der Waals surface area contributed by atoms with Crippen LogP contribution in [0.1, 0.15) is 16.7 Å². The zero-order chi connectivity index (χ0) is 19.9. The fourth-order valence-electron chi connectivity index (χ4n) is 3.54. The van der Waals surface area contributed by atoms with Crippen molar-refractivity contribution in [1.29, 1.82) is 5.26 Å². The van der Waals surface area contributed by atoms with E-state index < -0.39 is 0 Å².